The molecule has 1 N–H and O–H groups in total. The van der Waals surface area contributed by atoms with Crippen molar-refractivity contribution in [3.63, 3.8) is 0 Å². The molecule has 1 aromatic carbocycles. The summed E-state index contributed by atoms with van der Waals surface area (Å²) in [6, 6.07) is 8.57. The number of nitrogens with zero attached hydrogens (tertiary/aromatic N) is 2. The first kappa shape index (κ1) is 11.3. The SMILES string of the molecule is CC(=O)[C@H]1CC(C(=O)O)=NN1c1ccccc1. The van der Waals surface area contributed by atoms with Crippen LogP contribution in [0.1, 0.15) is 13.3 Å². The molecule has 1 atom stereocenters. The van der Waals surface area contributed by atoms with Gasteiger partial charge in [0.2, 0.25) is 0 Å². The van der Waals surface area contributed by atoms with E-state index < -0.39 is 12.0 Å². The molecule has 0 fully saturated rings. The summed E-state index contributed by atoms with van der Waals surface area (Å²) >= 11 is 0. The summed E-state index contributed by atoms with van der Waals surface area (Å²) in [5.74, 6) is -1.16. The summed E-state index contributed by atoms with van der Waals surface area (Å²) in [6.07, 6.45) is 0.152. The predicted octanol–water partition coefficient (Wildman–Crippen LogP) is 1.29. The Labute approximate surface area is 98.4 Å². The van der Waals surface area contributed by atoms with Crippen molar-refractivity contribution in [3.8, 4) is 0 Å². The molecule has 1 aliphatic heterocycles. The zero-order chi connectivity index (χ0) is 12.4. The molecular formula is C12H12N2O3. The Bertz CT molecular complexity index is 482. The Morgan fingerprint density at radius 2 is 2.00 bits per heavy atom. The smallest absolute Gasteiger partial charge is 0.352 e. The highest BCUT2D eigenvalue weighted by Crippen LogP contribution is 2.24. The van der Waals surface area contributed by atoms with E-state index in [1.165, 1.54) is 11.9 Å². The second-order valence-corrected chi connectivity index (χ2v) is 3.86. The van der Waals surface area contributed by atoms with E-state index in [1.54, 1.807) is 12.1 Å². The van der Waals surface area contributed by atoms with E-state index >= 15 is 0 Å². The topological polar surface area (TPSA) is 70.0 Å². The molecule has 0 unspecified atom stereocenters. The summed E-state index contributed by atoms with van der Waals surface area (Å²) < 4.78 is 0. The average molecular weight is 232 g/mol. The number of hydrogen-bond acceptors (Lipinski definition) is 4. The Hall–Kier alpha value is -2.17. The van der Waals surface area contributed by atoms with Gasteiger partial charge in [0, 0.05) is 6.42 Å². The summed E-state index contributed by atoms with van der Waals surface area (Å²) in [5.41, 5.74) is 0.748. The summed E-state index contributed by atoms with van der Waals surface area (Å²) in [6.45, 7) is 1.45. The largest absolute Gasteiger partial charge is 0.477 e. The number of hydrazone groups is 1. The van der Waals surface area contributed by atoms with Crippen molar-refractivity contribution in [2.24, 2.45) is 5.10 Å². The van der Waals surface area contributed by atoms with Crippen molar-refractivity contribution in [1.82, 2.24) is 0 Å². The van der Waals surface area contributed by atoms with Crippen LogP contribution < -0.4 is 5.01 Å². The summed E-state index contributed by atoms with van der Waals surface area (Å²) in [4.78, 5) is 22.4. The third-order valence-electron chi connectivity index (χ3n) is 2.65. The molecule has 0 aliphatic carbocycles. The van der Waals surface area contributed by atoms with Crippen LogP contribution >= 0.6 is 0 Å². The number of carboxylic acids is 1. The molecule has 88 valence electrons. The minimum Gasteiger partial charge on any atom is -0.477 e. The third-order valence-corrected chi connectivity index (χ3v) is 2.65. The number of benzene rings is 1. The zero-order valence-corrected chi connectivity index (χ0v) is 9.33. The maximum atomic E-state index is 11.5. The van der Waals surface area contributed by atoms with E-state index in [2.05, 4.69) is 5.10 Å². The fourth-order valence-electron chi connectivity index (χ4n) is 1.77. The number of Topliss-reactive ketones (excluding diaryl/α,β-unsaturated/α-hetero) is 1. The molecule has 0 bridgehead atoms. The predicted molar refractivity (Wildman–Crippen MR) is 63.1 cm³/mol. The molecule has 5 heteroatoms. The molecule has 1 heterocycles. The zero-order valence-electron chi connectivity index (χ0n) is 9.33. The second-order valence-electron chi connectivity index (χ2n) is 3.86. The van der Waals surface area contributed by atoms with E-state index in [-0.39, 0.29) is 17.9 Å². The normalized spacial score (nSPS) is 19.0. The molecule has 1 aliphatic rings. The quantitative estimate of drug-likeness (QED) is 0.852. The van der Waals surface area contributed by atoms with E-state index in [4.69, 9.17) is 5.11 Å². The maximum Gasteiger partial charge on any atom is 0.352 e. The summed E-state index contributed by atoms with van der Waals surface area (Å²) in [7, 11) is 0. The van der Waals surface area contributed by atoms with E-state index in [0.29, 0.717) is 0 Å². The number of rotatable bonds is 3. The van der Waals surface area contributed by atoms with Gasteiger partial charge in [-0.05, 0) is 19.1 Å². The van der Waals surface area contributed by atoms with Crippen molar-refractivity contribution in [2.45, 2.75) is 19.4 Å². The van der Waals surface area contributed by atoms with E-state index in [1.807, 2.05) is 18.2 Å². The van der Waals surface area contributed by atoms with Gasteiger partial charge >= 0.3 is 5.97 Å². The second kappa shape index (κ2) is 4.37. The van der Waals surface area contributed by atoms with E-state index in [0.717, 1.165) is 5.69 Å². The number of aliphatic carboxylic acids is 1. The van der Waals surface area contributed by atoms with E-state index in [9.17, 15) is 9.59 Å². The summed E-state index contributed by atoms with van der Waals surface area (Å²) in [5, 5.41) is 14.4. The van der Waals surface area contributed by atoms with Crippen LogP contribution in [-0.4, -0.2) is 28.6 Å². The number of anilines is 1. The van der Waals surface area contributed by atoms with Gasteiger partial charge in [0.25, 0.3) is 0 Å². The first-order chi connectivity index (χ1) is 8.09. The molecule has 0 amide bonds. The van der Waals surface area contributed by atoms with Crippen LogP contribution in [0.15, 0.2) is 35.4 Å². The number of carbonyl (C=O) groups is 2. The first-order valence-corrected chi connectivity index (χ1v) is 5.25. The van der Waals surface area contributed by atoms with Crippen molar-refractivity contribution in [2.75, 3.05) is 5.01 Å². The maximum absolute atomic E-state index is 11.5. The van der Waals surface area contributed by atoms with Gasteiger partial charge in [-0.2, -0.15) is 5.10 Å². The molecule has 0 aromatic heterocycles. The molecule has 17 heavy (non-hydrogen) atoms. The highest BCUT2D eigenvalue weighted by Gasteiger charge is 2.33. The van der Waals surface area contributed by atoms with Crippen molar-refractivity contribution in [3.05, 3.63) is 30.3 Å². The molecule has 0 saturated carbocycles. The van der Waals surface area contributed by atoms with Crippen LogP contribution in [0.4, 0.5) is 5.69 Å². The average Bonchev–Trinajstić information content (AvgIpc) is 2.75. The lowest BCUT2D eigenvalue weighted by Crippen LogP contribution is -2.32. The van der Waals surface area contributed by atoms with Gasteiger partial charge in [-0.1, -0.05) is 18.2 Å². The molecule has 0 saturated heterocycles. The monoisotopic (exact) mass is 232 g/mol. The van der Waals surface area contributed by atoms with Crippen LogP contribution in [0.3, 0.4) is 0 Å². The lowest BCUT2D eigenvalue weighted by molar-refractivity contribution is -0.129. The molecule has 2 rings (SSSR count). The van der Waals surface area contributed by atoms with Crippen molar-refractivity contribution in [1.29, 1.82) is 0 Å². The minimum atomic E-state index is -1.07. The van der Waals surface area contributed by atoms with Crippen LogP contribution in [0.25, 0.3) is 0 Å². The molecule has 1 aromatic rings. The fourth-order valence-corrected chi connectivity index (χ4v) is 1.77. The van der Waals surface area contributed by atoms with Crippen LogP contribution in [0.5, 0.6) is 0 Å². The van der Waals surface area contributed by atoms with Gasteiger partial charge in [0.05, 0.1) is 5.69 Å². The highest BCUT2D eigenvalue weighted by atomic mass is 16.4. The first-order valence-electron chi connectivity index (χ1n) is 5.25. The third kappa shape index (κ3) is 2.18. The van der Waals surface area contributed by atoms with Crippen LogP contribution in [0, 0.1) is 0 Å². The fraction of sp³-hybridized carbons (Fsp3) is 0.250. The number of carbonyl (C=O) groups excluding carboxylic acids is 1. The standard InChI is InChI=1S/C12H12N2O3/c1-8(15)11-7-10(12(16)17)13-14(11)9-5-3-2-4-6-9/h2-6,11H,7H2,1H3,(H,16,17)/t11-/m1/s1. The molecular weight excluding hydrogens is 220 g/mol. The lowest BCUT2D eigenvalue weighted by atomic mass is 10.1. The molecule has 0 spiro atoms. The van der Waals surface area contributed by atoms with Gasteiger partial charge in [-0.3, -0.25) is 9.80 Å². The Kier molecular flexibility index (Phi) is 2.91. The van der Waals surface area contributed by atoms with Crippen molar-refractivity contribution >= 4 is 23.2 Å². The minimum absolute atomic E-state index is 0.0223. The van der Waals surface area contributed by atoms with Gasteiger partial charge in [0.15, 0.2) is 5.78 Å². The number of para-hydroxylation sites is 1. The Balaban J connectivity index is 2.35. The Morgan fingerprint density at radius 3 is 2.53 bits per heavy atom. The highest BCUT2D eigenvalue weighted by molar-refractivity contribution is 6.37. The van der Waals surface area contributed by atoms with Crippen LogP contribution in [-0.2, 0) is 9.59 Å². The lowest BCUT2D eigenvalue weighted by Gasteiger charge is -2.20. The number of hydrogen-bond donors (Lipinski definition) is 1. The Morgan fingerprint density at radius 1 is 1.35 bits per heavy atom. The number of ketones is 1. The molecule has 0 radical (unpaired) electrons. The van der Waals surface area contributed by atoms with Gasteiger partial charge in [-0.25, -0.2) is 4.79 Å². The van der Waals surface area contributed by atoms with Gasteiger partial charge < -0.3 is 5.11 Å². The van der Waals surface area contributed by atoms with Crippen molar-refractivity contribution < 1.29 is 14.7 Å². The number of carboxylic acid groups (broad SMARTS) is 1. The molecule has 5 nitrogen and oxygen atoms in total. The van der Waals surface area contributed by atoms with Gasteiger partial charge in [0.1, 0.15) is 11.8 Å². The van der Waals surface area contributed by atoms with Gasteiger partial charge in [-0.15, -0.1) is 0 Å². The van der Waals surface area contributed by atoms with Crippen LogP contribution in [0.2, 0.25) is 0 Å².